The summed E-state index contributed by atoms with van der Waals surface area (Å²) in [6, 6.07) is 0. The molecule has 1 heterocycles. The first kappa shape index (κ1) is 4.37. The molecule has 38 valence electrons. The van der Waals surface area contributed by atoms with E-state index in [4.69, 9.17) is 0 Å². The molecular formula is C5H6FN. The first-order chi connectivity index (χ1) is 3.39. The standard InChI is InChI=1S/C5H6FN/c6-7-4-2-1-3-5-7/h1-4H,5H2. The van der Waals surface area contributed by atoms with Crippen LogP contribution in [0.4, 0.5) is 4.48 Å². The summed E-state index contributed by atoms with van der Waals surface area (Å²) >= 11 is 0. The minimum absolute atomic E-state index is 0.385. The third kappa shape index (κ3) is 1.03. The number of hydrogen-bond donors (Lipinski definition) is 0. The van der Waals surface area contributed by atoms with Crippen molar-refractivity contribution in [2.45, 2.75) is 0 Å². The zero-order valence-corrected chi connectivity index (χ0v) is 3.84. The molecule has 0 unspecified atom stereocenters. The molecular weight excluding hydrogens is 93.1 g/mol. The molecule has 0 saturated carbocycles. The van der Waals surface area contributed by atoms with Crippen LogP contribution in [0.25, 0.3) is 0 Å². The summed E-state index contributed by atoms with van der Waals surface area (Å²) in [7, 11) is 0. The van der Waals surface area contributed by atoms with Crippen molar-refractivity contribution in [1.82, 2.24) is 5.12 Å². The van der Waals surface area contributed by atoms with Crippen LogP contribution >= 0.6 is 0 Å². The van der Waals surface area contributed by atoms with Crippen molar-refractivity contribution < 1.29 is 4.48 Å². The van der Waals surface area contributed by atoms with Gasteiger partial charge in [0.2, 0.25) is 0 Å². The lowest BCUT2D eigenvalue weighted by molar-refractivity contribution is 0.105. The maximum atomic E-state index is 11.9. The van der Waals surface area contributed by atoms with E-state index in [1.165, 1.54) is 6.20 Å². The molecule has 0 bridgehead atoms. The molecule has 0 atom stereocenters. The molecule has 0 aliphatic carbocycles. The Morgan fingerprint density at radius 3 is 2.57 bits per heavy atom. The zero-order chi connectivity index (χ0) is 5.11. The maximum absolute atomic E-state index is 11.9. The molecule has 0 aromatic heterocycles. The average molecular weight is 99.1 g/mol. The number of halogens is 1. The molecule has 7 heavy (non-hydrogen) atoms. The highest BCUT2D eigenvalue weighted by molar-refractivity contribution is 5.06. The monoisotopic (exact) mass is 99.0 g/mol. The van der Waals surface area contributed by atoms with Gasteiger partial charge in [0.1, 0.15) is 0 Å². The van der Waals surface area contributed by atoms with Crippen LogP contribution in [0.3, 0.4) is 0 Å². The summed E-state index contributed by atoms with van der Waals surface area (Å²) in [4.78, 5) is 0. The highest BCUT2D eigenvalue weighted by Gasteiger charge is 1.91. The molecule has 0 amide bonds. The van der Waals surface area contributed by atoms with Crippen LogP contribution < -0.4 is 0 Å². The minimum Gasteiger partial charge on any atom is -0.215 e. The van der Waals surface area contributed by atoms with Gasteiger partial charge in [-0.1, -0.05) is 12.2 Å². The predicted octanol–water partition coefficient (Wildman–Crippen LogP) is 1.26. The van der Waals surface area contributed by atoms with Crippen molar-refractivity contribution in [3.05, 3.63) is 24.4 Å². The van der Waals surface area contributed by atoms with Crippen LogP contribution in [0.1, 0.15) is 0 Å². The average Bonchev–Trinajstić information content (AvgIpc) is 1.69. The fraction of sp³-hybridized carbons (Fsp3) is 0.200. The van der Waals surface area contributed by atoms with E-state index in [1.54, 1.807) is 12.2 Å². The number of nitrogens with zero attached hydrogens (tertiary/aromatic N) is 1. The van der Waals surface area contributed by atoms with Crippen molar-refractivity contribution in [2.75, 3.05) is 6.54 Å². The molecule has 1 aliphatic rings. The van der Waals surface area contributed by atoms with Crippen molar-refractivity contribution in [3.8, 4) is 0 Å². The quantitative estimate of drug-likeness (QED) is 0.413. The van der Waals surface area contributed by atoms with E-state index in [-0.39, 0.29) is 0 Å². The van der Waals surface area contributed by atoms with E-state index in [2.05, 4.69) is 0 Å². The predicted molar refractivity (Wildman–Crippen MR) is 26.1 cm³/mol. The van der Waals surface area contributed by atoms with E-state index in [9.17, 15) is 4.48 Å². The van der Waals surface area contributed by atoms with Gasteiger partial charge in [0.05, 0.1) is 6.54 Å². The van der Waals surface area contributed by atoms with Gasteiger partial charge in [0.15, 0.2) is 0 Å². The molecule has 0 spiro atoms. The molecule has 1 nitrogen and oxygen atoms in total. The normalized spacial score (nSPS) is 18.1. The molecule has 2 heteroatoms. The number of hydrogen-bond acceptors (Lipinski definition) is 1. The summed E-state index contributed by atoms with van der Waals surface area (Å²) in [6.07, 6.45) is 6.61. The highest BCUT2D eigenvalue weighted by atomic mass is 19.2. The molecule has 0 fully saturated rings. The van der Waals surface area contributed by atoms with Gasteiger partial charge in [-0.2, -0.15) is 0 Å². The first-order valence-corrected chi connectivity index (χ1v) is 2.15. The Morgan fingerprint density at radius 2 is 2.29 bits per heavy atom. The molecule has 0 N–H and O–H groups in total. The highest BCUT2D eigenvalue weighted by Crippen LogP contribution is 1.96. The third-order valence-electron chi connectivity index (χ3n) is 0.775. The van der Waals surface area contributed by atoms with E-state index < -0.39 is 0 Å². The van der Waals surface area contributed by atoms with Crippen LogP contribution in [-0.4, -0.2) is 11.7 Å². The second kappa shape index (κ2) is 1.78. The minimum atomic E-state index is 0.385. The van der Waals surface area contributed by atoms with Crippen LogP contribution in [-0.2, 0) is 0 Å². The lowest BCUT2D eigenvalue weighted by Gasteiger charge is -2.05. The van der Waals surface area contributed by atoms with Crippen LogP contribution in [0.15, 0.2) is 24.4 Å². The Kier molecular flexibility index (Phi) is 1.11. The van der Waals surface area contributed by atoms with Crippen molar-refractivity contribution in [3.63, 3.8) is 0 Å². The Hall–Kier alpha value is -0.790. The largest absolute Gasteiger partial charge is 0.215 e. The molecule has 0 aromatic carbocycles. The topological polar surface area (TPSA) is 3.24 Å². The third-order valence-corrected chi connectivity index (χ3v) is 0.775. The second-order valence-electron chi connectivity index (χ2n) is 1.35. The van der Waals surface area contributed by atoms with Crippen molar-refractivity contribution in [1.29, 1.82) is 0 Å². The number of rotatable bonds is 0. The molecule has 1 aliphatic heterocycles. The van der Waals surface area contributed by atoms with E-state index in [0.717, 1.165) is 0 Å². The first-order valence-electron chi connectivity index (χ1n) is 2.15. The number of allylic oxidation sites excluding steroid dienone is 2. The van der Waals surface area contributed by atoms with Crippen molar-refractivity contribution in [2.24, 2.45) is 0 Å². The van der Waals surface area contributed by atoms with Gasteiger partial charge in [0, 0.05) is 6.20 Å². The van der Waals surface area contributed by atoms with Gasteiger partial charge < -0.3 is 0 Å². The summed E-state index contributed by atoms with van der Waals surface area (Å²) in [5.41, 5.74) is 0. The van der Waals surface area contributed by atoms with Gasteiger partial charge in [-0.3, -0.25) is 0 Å². The fourth-order valence-corrected chi connectivity index (χ4v) is 0.444. The zero-order valence-electron chi connectivity index (χ0n) is 3.84. The molecule has 0 saturated heterocycles. The summed E-state index contributed by atoms with van der Waals surface area (Å²) < 4.78 is 11.9. The van der Waals surface area contributed by atoms with Gasteiger partial charge in [-0.25, -0.2) is 5.12 Å². The van der Waals surface area contributed by atoms with Gasteiger partial charge in [-0.05, 0) is 6.08 Å². The summed E-state index contributed by atoms with van der Waals surface area (Å²) in [5.74, 6) is 0. The van der Waals surface area contributed by atoms with Crippen LogP contribution in [0.2, 0.25) is 0 Å². The molecule has 0 aromatic rings. The Balaban J connectivity index is 2.49. The van der Waals surface area contributed by atoms with Gasteiger partial charge in [0.25, 0.3) is 0 Å². The smallest absolute Gasteiger partial charge is 0.0682 e. The van der Waals surface area contributed by atoms with Gasteiger partial charge >= 0.3 is 0 Å². The molecule has 0 radical (unpaired) electrons. The SMILES string of the molecule is FN1C=CC=CC1. The lowest BCUT2D eigenvalue weighted by Crippen LogP contribution is -2.05. The lowest BCUT2D eigenvalue weighted by atomic mass is 10.4. The summed E-state index contributed by atoms with van der Waals surface area (Å²) in [5, 5.41) is 0.625. The summed E-state index contributed by atoms with van der Waals surface area (Å²) in [6.45, 7) is 0.385. The Morgan fingerprint density at radius 1 is 1.43 bits per heavy atom. The van der Waals surface area contributed by atoms with Crippen molar-refractivity contribution >= 4 is 0 Å². The fourth-order valence-electron chi connectivity index (χ4n) is 0.444. The Bertz CT molecular complexity index is 107. The van der Waals surface area contributed by atoms with Gasteiger partial charge in [-0.15, -0.1) is 4.48 Å². The maximum Gasteiger partial charge on any atom is 0.0682 e. The van der Waals surface area contributed by atoms with Crippen LogP contribution in [0.5, 0.6) is 0 Å². The Labute approximate surface area is 41.7 Å². The van der Waals surface area contributed by atoms with E-state index in [1.807, 2.05) is 6.08 Å². The van der Waals surface area contributed by atoms with E-state index in [0.29, 0.717) is 11.7 Å². The van der Waals surface area contributed by atoms with Crippen LogP contribution in [0, 0.1) is 0 Å². The molecule has 1 rings (SSSR count). The van der Waals surface area contributed by atoms with E-state index >= 15 is 0 Å². The second-order valence-corrected chi connectivity index (χ2v) is 1.35.